The first kappa shape index (κ1) is 20.7. The van der Waals surface area contributed by atoms with E-state index in [2.05, 4.69) is 10.6 Å². The van der Waals surface area contributed by atoms with Crippen LogP contribution in [-0.2, 0) is 9.59 Å². The van der Waals surface area contributed by atoms with E-state index >= 15 is 0 Å². The molecule has 2 aromatic carbocycles. The van der Waals surface area contributed by atoms with Crippen molar-refractivity contribution in [3.8, 4) is 11.3 Å². The molecule has 0 bridgehead atoms. The van der Waals surface area contributed by atoms with Gasteiger partial charge < -0.3 is 15.1 Å². The molecule has 0 unspecified atom stereocenters. The monoisotopic (exact) mass is 428 g/mol. The van der Waals surface area contributed by atoms with Gasteiger partial charge in [-0.05, 0) is 60.7 Å². The lowest BCUT2D eigenvalue weighted by Gasteiger charge is -2.05. The highest BCUT2D eigenvalue weighted by molar-refractivity contribution is 6.36. The number of halogens is 2. The summed E-state index contributed by atoms with van der Waals surface area (Å²) in [4.78, 5) is 23.5. The average molecular weight is 429 g/mol. The maximum absolute atomic E-state index is 12.1. The topological polar surface area (TPSA) is 71.3 Å². The van der Waals surface area contributed by atoms with Crippen LogP contribution in [0.5, 0.6) is 0 Å². The van der Waals surface area contributed by atoms with E-state index in [4.69, 9.17) is 27.6 Å². The summed E-state index contributed by atoms with van der Waals surface area (Å²) in [7, 11) is 0. The quantitative estimate of drug-likeness (QED) is 0.455. The lowest BCUT2D eigenvalue weighted by atomic mass is 10.2. The van der Waals surface area contributed by atoms with Crippen LogP contribution in [0.1, 0.15) is 19.1 Å². The van der Waals surface area contributed by atoms with E-state index in [1.807, 2.05) is 0 Å². The van der Waals surface area contributed by atoms with Crippen molar-refractivity contribution in [2.75, 3.05) is 10.6 Å². The molecule has 0 aliphatic rings. The van der Waals surface area contributed by atoms with Crippen molar-refractivity contribution < 1.29 is 14.0 Å². The first-order valence-corrected chi connectivity index (χ1v) is 9.64. The zero-order chi connectivity index (χ0) is 20.8. The Bertz CT molecular complexity index is 1060. The van der Waals surface area contributed by atoms with Crippen LogP contribution in [0.2, 0.25) is 10.0 Å². The van der Waals surface area contributed by atoms with Crippen LogP contribution >= 0.6 is 23.2 Å². The Hall–Kier alpha value is -3.02. The fourth-order valence-electron chi connectivity index (χ4n) is 2.50. The van der Waals surface area contributed by atoms with E-state index in [9.17, 15) is 9.59 Å². The van der Waals surface area contributed by atoms with Crippen LogP contribution < -0.4 is 10.6 Å². The van der Waals surface area contributed by atoms with Gasteiger partial charge in [0, 0.05) is 34.5 Å². The molecule has 0 fully saturated rings. The molecule has 0 aliphatic carbocycles. The van der Waals surface area contributed by atoms with Gasteiger partial charge >= 0.3 is 0 Å². The van der Waals surface area contributed by atoms with Gasteiger partial charge in [0.15, 0.2) is 0 Å². The van der Waals surface area contributed by atoms with Crippen LogP contribution in [0, 0.1) is 0 Å². The van der Waals surface area contributed by atoms with Gasteiger partial charge in [-0.1, -0.05) is 30.1 Å². The Morgan fingerprint density at radius 3 is 2.31 bits per heavy atom. The van der Waals surface area contributed by atoms with Gasteiger partial charge in [-0.2, -0.15) is 0 Å². The largest absolute Gasteiger partial charge is 0.457 e. The van der Waals surface area contributed by atoms with Crippen LogP contribution in [0.4, 0.5) is 11.4 Å². The summed E-state index contributed by atoms with van der Waals surface area (Å²) in [5.41, 5.74) is 2.01. The fourth-order valence-corrected chi connectivity index (χ4v) is 3.01. The van der Waals surface area contributed by atoms with Crippen molar-refractivity contribution in [3.63, 3.8) is 0 Å². The summed E-state index contributed by atoms with van der Waals surface area (Å²) < 4.78 is 5.72. The number of benzene rings is 2. The third-order valence-electron chi connectivity index (χ3n) is 3.98. The number of carbonyl (C=O) groups excluding carboxylic acids is 2. The van der Waals surface area contributed by atoms with E-state index in [1.165, 1.54) is 6.08 Å². The highest BCUT2D eigenvalue weighted by Crippen LogP contribution is 2.31. The van der Waals surface area contributed by atoms with Crippen molar-refractivity contribution >= 4 is 52.5 Å². The Labute approximate surface area is 178 Å². The molecule has 1 heterocycles. The van der Waals surface area contributed by atoms with Gasteiger partial charge in [-0.25, -0.2) is 0 Å². The molecule has 0 saturated carbocycles. The zero-order valence-corrected chi connectivity index (χ0v) is 17.1. The Morgan fingerprint density at radius 2 is 1.66 bits per heavy atom. The molecule has 2 N–H and O–H groups in total. The predicted molar refractivity (Wildman–Crippen MR) is 117 cm³/mol. The molecule has 148 valence electrons. The molecule has 5 nitrogen and oxygen atoms in total. The summed E-state index contributed by atoms with van der Waals surface area (Å²) in [6, 6.07) is 15.5. The molecule has 29 heavy (non-hydrogen) atoms. The van der Waals surface area contributed by atoms with Crippen LogP contribution in [0.25, 0.3) is 17.4 Å². The summed E-state index contributed by atoms with van der Waals surface area (Å²) in [6.45, 7) is 1.78. The van der Waals surface area contributed by atoms with Crippen LogP contribution in [0.3, 0.4) is 0 Å². The molecule has 2 amide bonds. The second-order valence-electron chi connectivity index (χ2n) is 6.13. The summed E-state index contributed by atoms with van der Waals surface area (Å²) in [6.07, 6.45) is 3.35. The standard InChI is InChI=1S/C22H18Cl2N2O3/c1-2-21(27)25-15-4-6-16(7-5-15)26-22(28)12-9-17-8-11-20(29-17)18-10-3-14(23)13-19(18)24/h3-13H,2H2,1H3,(H,25,27)(H,26,28)/b12-9+. The van der Waals surface area contributed by atoms with Crippen LogP contribution in [-0.4, -0.2) is 11.8 Å². The number of hydrogen-bond acceptors (Lipinski definition) is 3. The van der Waals surface area contributed by atoms with E-state index < -0.39 is 0 Å². The Morgan fingerprint density at radius 1 is 0.966 bits per heavy atom. The van der Waals surface area contributed by atoms with Crippen molar-refractivity contribution in [1.29, 1.82) is 0 Å². The van der Waals surface area contributed by atoms with E-state index in [-0.39, 0.29) is 11.8 Å². The number of hydrogen-bond donors (Lipinski definition) is 2. The molecule has 0 spiro atoms. The smallest absolute Gasteiger partial charge is 0.248 e. The number of furan rings is 1. The number of rotatable bonds is 6. The lowest BCUT2D eigenvalue weighted by Crippen LogP contribution is -2.10. The van der Waals surface area contributed by atoms with Gasteiger partial charge in [0.05, 0.1) is 5.02 Å². The number of nitrogens with one attached hydrogen (secondary N) is 2. The third-order valence-corrected chi connectivity index (χ3v) is 4.53. The maximum atomic E-state index is 12.1. The van der Waals surface area contributed by atoms with E-state index in [1.54, 1.807) is 67.6 Å². The summed E-state index contributed by atoms with van der Waals surface area (Å²) in [5.74, 6) is 0.718. The van der Waals surface area contributed by atoms with Crippen molar-refractivity contribution in [2.24, 2.45) is 0 Å². The highest BCUT2D eigenvalue weighted by Gasteiger charge is 2.08. The SMILES string of the molecule is CCC(=O)Nc1ccc(NC(=O)/C=C/c2ccc(-c3ccc(Cl)cc3Cl)o2)cc1. The normalized spacial score (nSPS) is 10.9. The van der Waals surface area contributed by atoms with E-state index in [0.717, 1.165) is 5.56 Å². The van der Waals surface area contributed by atoms with Crippen molar-refractivity contribution in [3.05, 3.63) is 76.5 Å². The summed E-state index contributed by atoms with van der Waals surface area (Å²) in [5, 5.41) is 6.52. The molecule has 7 heteroatoms. The van der Waals surface area contributed by atoms with Gasteiger partial charge in [0.25, 0.3) is 0 Å². The lowest BCUT2D eigenvalue weighted by molar-refractivity contribution is -0.116. The predicted octanol–water partition coefficient (Wildman–Crippen LogP) is 6.25. The minimum atomic E-state index is -0.308. The van der Waals surface area contributed by atoms with Gasteiger partial charge in [0.2, 0.25) is 11.8 Å². The fraction of sp³-hybridized carbons (Fsp3) is 0.0909. The number of amides is 2. The molecule has 3 rings (SSSR count). The molecular formula is C22H18Cl2N2O3. The number of carbonyl (C=O) groups is 2. The first-order valence-electron chi connectivity index (χ1n) is 8.89. The van der Waals surface area contributed by atoms with E-state index in [0.29, 0.717) is 39.4 Å². The minimum absolute atomic E-state index is 0.0672. The average Bonchev–Trinajstić information content (AvgIpc) is 3.16. The Balaban J connectivity index is 1.61. The van der Waals surface area contributed by atoms with Crippen molar-refractivity contribution in [2.45, 2.75) is 13.3 Å². The molecule has 0 aliphatic heterocycles. The van der Waals surface area contributed by atoms with Crippen LogP contribution in [0.15, 0.2) is 65.1 Å². The molecule has 1 aromatic heterocycles. The summed E-state index contributed by atoms with van der Waals surface area (Å²) >= 11 is 12.1. The number of anilines is 2. The third kappa shape index (κ3) is 5.73. The second kappa shape index (κ2) is 9.45. The molecule has 0 atom stereocenters. The highest BCUT2D eigenvalue weighted by atomic mass is 35.5. The molecular weight excluding hydrogens is 411 g/mol. The second-order valence-corrected chi connectivity index (χ2v) is 6.97. The van der Waals surface area contributed by atoms with Crippen molar-refractivity contribution in [1.82, 2.24) is 0 Å². The molecule has 0 saturated heterocycles. The maximum Gasteiger partial charge on any atom is 0.248 e. The van der Waals surface area contributed by atoms with Gasteiger partial charge in [-0.3, -0.25) is 9.59 Å². The molecule has 3 aromatic rings. The molecule has 0 radical (unpaired) electrons. The zero-order valence-electron chi connectivity index (χ0n) is 15.5. The van der Waals surface area contributed by atoms with Gasteiger partial charge in [0.1, 0.15) is 11.5 Å². The van der Waals surface area contributed by atoms with Gasteiger partial charge in [-0.15, -0.1) is 0 Å². The minimum Gasteiger partial charge on any atom is -0.457 e. The Kier molecular flexibility index (Phi) is 6.75. The first-order chi connectivity index (χ1) is 13.9.